The molecule has 7 nitrogen and oxygen atoms in total. The van der Waals surface area contributed by atoms with Crippen molar-refractivity contribution in [3.63, 3.8) is 0 Å². The van der Waals surface area contributed by atoms with Gasteiger partial charge >= 0.3 is 0 Å². The molecule has 0 bridgehead atoms. The van der Waals surface area contributed by atoms with Gasteiger partial charge in [0.15, 0.2) is 0 Å². The molecule has 0 aliphatic carbocycles. The van der Waals surface area contributed by atoms with Crippen LogP contribution in [0.25, 0.3) is 0 Å². The lowest BCUT2D eigenvalue weighted by Gasteiger charge is -2.49. The summed E-state index contributed by atoms with van der Waals surface area (Å²) in [7, 11) is 0. The van der Waals surface area contributed by atoms with Crippen LogP contribution in [-0.2, 0) is 14.3 Å². The standard InChI is InChI=1S/C22H34N4O3/c1-2-28-18-21(27)26-10-7-22(8-11-26)17-19(6-16-29-22)24-12-14-25(15-13-24)20-5-3-4-9-23-20/h3-5,9,19H,2,6-8,10-18H2,1H3/t19-/m1/s1. The largest absolute Gasteiger partial charge is 0.375 e. The lowest BCUT2D eigenvalue weighted by molar-refractivity contribution is -0.152. The number of anilines is 1. The Bertz CT molecular complexity index is 655. The number of piperazine rings is 1. The van der Waals surface area contributed by atoms with Crippen LogP contribution in [0.1, 0.15) is 32.6 Å². The molecule has 1 amide bonds. The number of likely N-dealkylation sites (tertiary alicyclic amines) is 1. The Balaban J connectivity index is 1.28. The van der Waals surface area contributed by atoms with E-state index in [9.17, 15) is 4.79 Å². The number of rotatable bonds is 5. The number of pyridine rings is 1. The van der Waals surface area contributed by atoms with Gasteiger partial charge in [-0.3, -0.25) is 9.69 Å². The molecule has 1 aromatic rings. The van der Waals surface area contributed by atoms with Crippen LogP contribution >= 0.6 is 0 Å². The van der Waals surface area contributed by atoms with E-state index in [1.54, 1.807) is 0 Å². The van der Waals surface area contributed by atoms with E-state index in [2.05, 4.69) is 26.9 Å². The molecule has 3 saturated heterocycles. The number of aromatic nitrogens is 1. The second-order valence-corrected chi connectivity index (χ2v) is 8.41. The minimum Gasteiger partial charge on any atom is -0.375 e. The Morgan fingerprint density at radius 1 is 1.21 bits per heavy atom. The normalized spacial score (nSPS) is 25.3. The lowest BCUT2D eigenvalue weighted by Crippen LogP contribution is -2.57. The second-order valence-electron chi connectivity index (χ2n) is 8.41. The van der Waals surface area contributed by atoms with E-state index in [1.807, 2.05) is 24.1 Å². The van der Waals surface area contributed by atoms with Crippen molar-refractivity contribution in [2.24, 2.45) is 0 Å². The Kier molecular flexibility index (Phi) is 6.67. The van der Waals surface area contributed by atoms with Crippen molar-refractivity contribution in [2.45, 2.75) is 44.2 Å². The molecule has 0 radical (unpaired) electrons. The van der Waals surface area contributed by atoms with Gasteiger partial charge in [0.05, 0.1) is 5.60 Å². The minimum absolute atomic E-state index is 0.0522. The number of piperidine rings is 1. The van der Waals surface area contributed by atoms with Crippen LogP contribution in [0.2, 0.25) is 0 Å². The molecule has 29 heavy (non-hydrogen) atoms. The van der Waals surface area contributed by atoms with Gasteiger partial charge in [0.1, 0.15) is 12.4 Å². The van der Waals surface area contributed by atoms with E-state index in [1.165, 1.54) is 0 Å². The second kappa shape index (κ2) is 9.41. The zero-order chi connectivity index (χ0) is 20.1. The molecule has 160 valence electrons. The number of amides is 1. The van der Waals surface area contributed by atoms with Crippen molar-refractivity contribution in [1.82, 2.24) is 14.8 Å². The maximum absolute atomic E-state index is 12.2. The van der Waals surface area contributed by atoms with Gasteiger partial charge in [-0.25, -0.2) is 4.98 Å². The SMILES string of the molecule is CCOCC(=O)N1CCC2(CC1)C[C@H](N1CCN(c3ccccn3)CC1)CCO2. The van der Waals surface area contributed by atoms with Gasteiger partial charge < -0.3 is 19.3 Å². The summed E-state index contributed by atoms with van der Waals surface area (Å²) in [4.78, 5) is 23.7. The van der Waals surface area contributed by atoms with Crippen molar-refractivity contribution < 1.29 is 14.3 Å². The van der Waals surface area contributed by atoms with Gasteiger partial charge in [-0.2, -0.15) is 0 Å². The molecule has 1 spiro atoms. The molecular weight excluding hydrogens is 368 g/mol. The third-order valence-corrected chi connectivity index (χ3v) is 6.73. The summed E-state index contributed by atoms with van der Waals surface area (Å²) < 4.78 is 11.6. The lowest BCUT2D eigenvalue weighted by atomic mass is 9.81. The predicted octanol–water partition coefficient (Wildman–Crippen LogP) is 1.78. The van der Waals surface area contributed by atoms with Crippen LogP contribution in [0.5, 0.6) is 0 Å². The van der Waals surface area contributed by atoms with Gasteiger partial charge in [0.2, 0.25) is 5.91 Å². The van der Waals surface area contributed by atoms with Gasteiger partial charge in [-0.15, -0.1) is 0 Å². The summed E-state index contributed by atoms with van der Waals surface area (Å²) in [6.45, 7) is 9.32. The minimum atomic E-state index is -0.0522. The van der Waals surface area contributed by atoms with Crippen molar-refractivity contribution in [2.75, 3.05) is 64.0 Å². The first kappa shape index (κ1) is 20.6. The Morgan fingerprint density at radius 2 is 2.00 bits per heavy atom. The average molecular weight is 403 g/mol. The Hall–Kier alpha value is -1.70. The first-order valence-corrected chi connectivity index (χ1v) is 11.1. The van der Waals surface area contributed by atoms with Crippen LogP contribution in [0.15, 0.2) is 24.4 Å². The molecule has 3 aliphatic rings. The van der Waals surface area contributed by atoms with E-state index in [-0.39, 0.29) is 18.1 Å². The zero-order valence-electron chi connectivity index (χ0n) is 17.6. The van der Waals surface area contributed by atoms with Crippen LogP contribution in [0, 0.1) is 0 Å². The number of ether oxygens (including phenoxy) is 2. The van der Waals surface area contributed by atoms with E-state index in [0.29, 0.717) is 12.6 Å². The highest BCUT2D eigenvalue weighted by atomic mass is 16.5. The summed E-state index contributed by atoms with van der Waals surface area (Å²) in [5.74, 6) is 1.19. The summed E-state index contributed by atoms with van der Waals surface area (Å²) in [6, 6.07) is 6.71. The molecule has 4 rings (SSSR count). The van der Waals surface area contributed by atoms with Crippen LogP contribution in [0.3, 0.4) is 0 Å². The highest BCUT2D eigenvalue weighted by Crippen LogP contribution is 2.37. The maximum Gasteiger partial charge on any atom is 0.248 e. The van der Waals surface area contributed by atoms with Gasteiger partial charge in [0.25, 0.3) is 0 Å². The van der Waals surface area contributed by atoms with Gasteiger partial charge in [0, 0.05) is 64.7 Å². The number of nitrogens with zero attached hydrogens (tertiary/aromatic N) is 4. The van der Waals surface area contributed by atoms with E-state index in [4.69, 9.17) is 9.47 Å². The van der Waals surface area contributed by atoms with Crippen molar-refractivity contribution in [3.05, 3.63) is 24.4 Å². The molecule has 4 heterocycles. The topological polar surface area (TPSA) is 58.1 Å². The highest BCUT2D eigenvalue weighted by molar-refractivity contribution is 5.77. The van der Waals surface area contributed by atoms with Crippen molar-refractivity contribution in [3.8, 4) is 0 Å². The van der Waals surface area contributed by atoms with Crippen LogP contribution in [0.4, 0.5) is 5.82 Å². The quantitative estimate of drug-likeness (QED) is 0.748. The predicted molar refractivity (Wildman–Crippen MR) is 112 cm³/mol. The molecule has 0 aromatic carbocycles. The number of carbonyl (C=O) groups is 1. The molecule has 3 aliphatic heterocycles. The van der Waals surface area contributed by atoms with Gasteiger partial charge in [-0.05, 0) is 44.7 Å². The maximum atomic E-state index is 12.2. The fourth-order valence-electron chi connectivity index (χ4n) is 4.96. The third-order valence-electron chi connectivity index (χ3n) is 6.73. The van der Waals surface area contributed by atoms with E-state index >= 15 is 0 Å². The Labute approximate surface area is 174 Å². The smallest absolute Gasteiger partial charge is 0.248 e. The third kappa shape index (κ3) is 4.90. The molecule has 1 aromatic heterocycles. The highest BCUT2D eigenvalue weighted by Gasteiger charge is 2.42. The number of hydrogen-bond acceptors (Lipinski definition) is 6. The molecular formula is C22H34N4O3. The molecule has 1 atom stereocenters. The first-order chi connectivity index (χ1) is 14.2. The monoisotopic (exact) mass is 402 g/mol. The zero-order valence-corrected chi connectivity index (χ0v) is 17.6. The molecule has 0 saturated carbocycles. The average Bonchev–Trinajstić information content (AvgIpc) is 2.79. The summed E-state index contributed by atoms with van der Waals surface area (Å²) >= 11 is 0. The fraction of sp³-hybridized carbons (Fsp3) is 0.727. The fourth-order valence-corrected chi connectivity index (χ4v) is 4.96. The first-order valence-electron chi connectivity index (χ1n) is 11.1. The van der Waals surface area contributed by atoms with Gasteiger partial charge in [-0.1, -0.05) is 6.07 Å². The number of hydrogen-bond donors (Lipinski definition) is 0. The number of carbonyl (C=O) groups excluding carboxylic acids is 1. The van der Waals surface area contributed by atoms with Crippen LogP contribution < -0.4 is 4.90 Å². The summed E-state index contributed by atoms with van der Waals surface area (Å²) in [5, 5.41) is 0. The molecule has 3 fully saturated rings. The van der Waals surface area contributed by atoms with E-state index < -0.39 is 0 Å². The summed E-state index contributed by atoms with van der Waals surface area (Å²) in [5.41, 5.74) is -0.0522. The molecule has 0 N–H and O–H groups in total. The summed E-state index contributed by atoms with van der Waals surface area (Å²) in [6.07, 6.45) is 5.95. The Morgan fingerprint density at radius 3 is 2.69 bits per heavy atom. The van der Waals surface area contributed by atoms with Crippen molar-refractivity contribution >= 4 is 11.7 Å². The molecule has 7 heteroatoms. The van der Waals surface area contributed by atoms with Crippen LogP contribution in [-0.4, -0.2) is 91.4 Å². The molecule has 0 unspecified atom stereocenters. The van der Waals surface area contributed by atoms with Crippen molar-refractivity contribution in [1.29, 1.82) is 0 Å². The van der Waals surface area contributed by atoms with E-state index in [0.717, 1.165) is 77.4 Å².